The van der Waals surface area contributed by atoms with Crippen molar-refractivity contribution in [2.45, 2.75) is 19.3 Å². The first-order chi connectivity index (χ1) is 6.59. The Labute approximate surface area is 82.1 Å². The van der Waals surface area contributed by atoms with Crippen LogP contribution in [0.25, 0.3) is 0 Å². The number of hydrogen-bond acceptors (Lipinski definition) is 3. The van der Waals surface area contributed by atoms with Gasteiger partial charge in [0.25, 0.3) is 5.91 Å². The van der Waals surface area contributed by atoms with E-state index in [0.29, 0.717) is 17.3 Å². The van der Waals surface area contributed by atoms with Gasteiger partial charge in [0.15, 0.2) is 0 Å². The molecule has 1 saturated carbocycles. The van der Waals surface area contributed by atoms with Crippen LogP contribution >= 0.6 is 0 Å². The number of hydrogen-bond donors (Lipinski definition) is 2. The number of carbonyl (C=O) groups is 1. The predicted octanol–water partition coefficient (Wildman–Crippen LogP) is 0.0537. The van der Waals surface area contributed by atoms with Crippen LogP contribution < -0.4 is 11.5 Å². The number of nitrogens with two attached hydrogens (primary N) is 2. The molecule has 0 bridgehead atoms. The Bertz CT molecular complexity index is 378. The molecule has 1 aliphatic carbocycles. The molecule has 14 heavy (non-hydrogen) atoms. The summed E-state index contributed by atoms with van der Waals surface area (Å²) in [6.45, 7) is 0. The van der Waals surface area contributed by atoms with Crippen molar-refractivity contribution in [1.29, 1.82) is 0 Å². The van der Waals surface area contributed by atoms with Crippen LogP contribution in [0.4, 0.5) is 5.82 Å². The maximum absolute atomic E-state index is 11.1. The largest absolute Gasteiger partial charge is 0.383 e. The fourth-order valence-corrected chi connectivity index (χ4v) is 1.60. The van der Waals surface area contributed by atoms with Gasteiger partial charge in [0.1, 0.15) is 11.4 Å². The molecule has 1 heterocycles. The maximum atomic E-state index is 11.1. The summed E-state index contributed by atoms with van der Waals surface area (Å²) >= 11 is 0. The summed E-state index contributed by atoms with van der Waals surface area (Å²) in [5, 5.41) is 4.20. The lowest BCUT2D eigenvalue weighted by Crippen LogP contribution is -2.15. The lowest BCUT2D eigenvalue weighted by molar-refractivity contribution is 0.1000. The zero-order valence-corrected chi connectivity index (χ0v) is 8.16. The maximum Gasteiger partial charge on any atom is 0.254 e. The van der Waals surface area contributed by atoms with E-state index < -0.39 is 5.91 Å². The van der Waals surface area contributed by atoms with Crippen molar-refractivity contribution >= 4 is 11.7 Å². The average molecular weight is 194 g/mol. The zero-order valence-electron chi connectivity index (χ0n) is 8.16. The third kappa shape index (κ3) is 1.45. The molecule has 0 saturated heterocycles. The summed E-state index contributed by atoms with van der Waals surface area (Å²) in [7, 11) is 1.72. The van der Waals surface area contributed by atoms with Gasteiger partial charge in [-0.25, -0.2) is 0 Å². The summed E-state index contributed by atoms with van der Waals surface area (Å²) in [6.07, 6.45) is 3.26. The Hall–Kier alpha value is -1.52. The number of nitrogen functional groups attached to an aromatic ring is 1. The Morgan fingerprint density at radius 2 is 2.29 bits per heavy atom. The van der Waals surface area contributed by atoms with Crippen LogP contribution in [0.1, 0.15) is 28.9 Å². The zero-order chi connectivity index (χ0) is 10.3. The summed E-state index contributed by atoms with van der Waals surface area (Å²) in [5.41, 5.74) is 12.1. The molecule has 5 nitrogen and oxygen atoms in total. The Morgan fingerprint density at radius 3 is 2.79 bits per heavy atom. The van der Waals surface area contributed by atoms with E-state index in [-0.39, 0.29) is 0 Å². The first-order valence-electron chi connectivity index (χ1n) is 4.70. The molecule has 76 valence electrons. The summed E-state index contributed by atoms with van der Waals surface area (Å²) in [4.78, 5) is 11.1. The number of aromatic nitrogens is 2. The third-order valence-electron chi connectivity index (χ3n) is 2.59. The van der Waals surface area contributed by atoms with Crippen molar-refractivity contribution in [2.75, 3.05) is 5.73 Å². The molecule has 0 unspecified atom stereocenters. The van der Waals surface area contributed by atoms with Gasteiger partial charge in [0.05, 0.1) is 5.69 Å². The summed E-state index contributed by atoms with van der Waals surface area (Å²) in [6, 6.07) is 0. The number of nitrogens with zero attached hydrogens (tertiary/aromatic N) is 2. The predicted molar refractivity (Wildman–Crippen MR) is 52.6 cm³/mol. The van der Waals surface area contributed by atoms with Crippen molar-refractivity contribution < 1.29 is 4.79 Å². The number of rotatable bonds is 3. The highest BCUT2D eigenvalue weighted by molar-refractivity contribution is 5.98. The van der Waals surface area contributed by atoms with Gasteiger partial charge in [-0.2, -0.15) is 5.10 Å². The second-order valence-electron chi connectivity index (χ2n) is 3.84. The van der Waals surface area contributed by atoms with Crippen LogP contribution in [0.5, 0.6) is 0 Å². The molecular formula is C9H14N4O. The molecule has 0 aromatic carbocycles. The molecule has 2 rings (SSSR count). The molecular weight excluding hydrogens is 180 g/mol. The minimum atomic E-state index is -0.480. The molecule has 0 atom stereocenters. The van der Waals surface area contributed by atoms with Crippen LogP contribution in [0.15, 0.2) is 0 Å². The van der Waals surface area contributed by atoms with Crippen LogP contribution in [0.3, 0.4) is 0 Å². The minimum absolute atomic E-state index is 0.369. The van der Waals surface area contributed by atoms with Gasteiger partial charge >= 0.3 is 0 Å². The van der Waals surface area contributed by atoms with E-state index in [2.05, 4.69) is 5.10 Å². The Balaban J connectivity index is 2.36. The molecule has 1 aromatic heterocycles. The molecule has 1 aromatic rings. The molecule has 1 fully saturated rings. The number of aryl methyl sites for hydroxylation is 1. The monoisotopic (exact) mass is 194 g/mol. The van der Waals surface area contributed by atoms with Gasteiger partial charge < -0.3 is 11.5 Å². The lowest BCUT2D eigenvalue weighted by atomic mass is 10.1. The highest BCUT2D eigenvalue weighted by Crippen LogP contribution is 2.33. The highest BCUT2D eigenvalue weighted by atomic mass is 16.1. The van der Waals surface area contributed by atoms with Gasteiger partial charge in [0, 0.05) is 7.05 Å². The van der Waals surface area contributed by atoms with E-state index >= 15 is 0 Å². The number of primary amides is 1. The second kappa shape index (κ2) is 3.01. The second-order valence-corrected chi connectivity index (χ2v) is 3.84. The van der Waals surface area contributed by atoms with Crippen molar-refractivity contribution in [3.05, 3.63) is 11.3 Å². The number of anilines is 1. The molecule has 0 aliphatic heterocycles. The Kier molecular flexibility index (Phi) is 1.94. The van der Waals surface area contributed by atoms with Gasteiger partial charge in [-0.3, -0.25) is 9.48 Å². The first-order valence-corrected chi connectivity index (χ1v) is 4.70. The standard InChI is InChI=1S/C9H14N4O/c1-13-8(10)7(9(11)14)6(12-13)4-5-2-3-5/h5H,2-4,10H2,1H3,(H2,11,14). The quantitative estimate of drug-likeness (QED) is 0.713. The number of amides is 1. The smallest absolute Gasteiger partial charge is 0.254 e. The van der Waals surface area contributed by atoms with E-state index in [1.807, 2.05) is 0 Å². The van der Waals surface area contributed by atoms with Gasteiger partial charge in [0.2, 0.25) is 0 Å². The van der Waals surface area contributed by atoms with Crippen molar-refractivity contribution in [3.8, 4) is 0 Å². The van der Waals surface area contributed by atoms with E-state index in [0.717, 1.165) is 12.1 Å². The van der Waals surface area contributed by atoms with Gasteiger partial charge in [-0.15, -0.1) is 0 Å². The number of carbonyl (C=O) groups excluding carboxylic acids is 1. The van der Waals surface area contributed by atoms with E-state index in [1.165, 1.54) is 17.5 Å². The first kappa shape index (κ1) is 9.05. The van der Waals surface area contributed by atoms with Crippen LogP contribution in [0, 0.1) is 5.92 Å². The van der Waals surface area contributed by atoms with Crippen molar-refractivity contribution in [1.82, 2.24) is 9.78 Å². The van der Waals surface area contributed by atoms with Gasteiger partial charge in [-0.05, 0) is 25.2 Å². The normalized spacial score (nSPS) is 15.8. The lowest BCUT2D eigenvalue weighted by Gasteiger charge is -1.97. The van der Waals surface area contributed by atoms with E-state index in [1.54, 1.807) is 7.05 Å². The molecule has 4 N–H and O–H groups in total. The fraction of sp³-hybridized carbons (Fsp3) is 0.556. The van der Waals surface area contributed by atoms with Crippen LogP contribution in [0.2, 0.25) is 0 Å². The topological polar surface area (TPSA) is 86.9 Å². The SMILES string of the molecule is Cn1nc(CC2CC2)c(C(N)=O)c1N. The Morgan fingerprint density at radius 1 is 1.64 bits per heavy atom. The molecule has 0 spiro atoms. The molecule has 5 heteroatoms. The van der Waals surface area contributed by atoms with Crippen molar-refractivity contribution in [3.63, 3.8) is 0 Å². The summed E-state index contributed by atoms with van der Waals surface area (Å²) < 4.78 is 1.51. The average Bonchev–Trinajstić information content (AvgIpc) is 2.82. The molecule has 1 amide bonds. The van der Waals surface area contributed by atoms with Gasteiger partial charge in [-0.1, -0.05) is 0 Å². The van der Waals surface area contributed by atoms with E-state index in [4.69, 9.17) is 11.5 Å². The van der Waals surface area contributed by atoms with Crippen LogP contribution in [-0.2, 0) is 13.5 Å². The molecule has 1 aliphatic rings. The van der Waals surface area contributed by atoms with Crippen LogP contribution in [-0.4, -0.2) is 15.7 Å². The fourth-order valence-electron chi connectivity index (χ4n) is 1.60. The molecule has 0 radical (unpaired) electrons. The van der Waals surface area contributed by atoms with E-state index in [9.17, 15) is 4.79 Å². The van der Waals surface area contributed by atoms with Crippen molar-refractivity contribution in [2.24, 2.45) is 18.7 Å². The minimum Gasteiger partial charge on any atom is -0.383 e. The highest BCUT2D eigenvalue weighted by Gasteiger charge is 2.27. The third-order valence-corrected chi connectivity index (χ3v) is 2.59. The summed E-state index contributed by atoms with van der Waals surface area (Å²) in [5.74, 6) is 0.557.